The third kappa shape index (κ3) is 3.47. The summed E-state index contributed by atoms with van der Waals surface area (Å²) >= 11 is 6.11. The van der Waals surface area contributed by atoms with Gasteiger partial charge in [0.1, 0.15) is 5.75 Å². The molecular formula is C16H17ClN2O2. The Labute approximate surface area is 129 Å². The van der Waals surface area contributed by atoms with Gasteiger partial charge in [0.2, 0.25) is 0 Å². The number of ether oxygens (including phenoxy) is 1. The number of rotatable bonds is 4. The molecule has 0 aromatic heterocycles. The average Bonchev–Trinajstić information content (AvgIpc) is 2.48. The van der Waals surface area contributed by atoms with E-state index in [0.717, 1.165) is 5.56 Å². The topological polar surface area (TPSA) is 55.6 Å². The number of anilines is 1. The van der Waals surface area contributed by atoms with Gasteiger partial charge in [-0.3, -0.25) is 4.79 Å². The van der Waals surface area contributed by atoms with Crippen LogP contribution in [-0.2, 0) is 6.54 Å². The summed E-state index contributed by atoms with van der Waals surface area (Å²) in [4.78, 5) is 14.0. The number of nitrogens with zero attached hydrogens (tertiary/aromatic N) is 1. The predicted octanol–water partition coefficient (Wildman–Crippen LogP) is 3.20. The Balaban J connectivity index is 2.16. The SMILES string of the molecule is COc1ccc(C(=O)N(C)Cc2ccccc2Cl)cc1N. The Morgan fingerprint density at radius 3 is 2.62 bits per heavy atom. The van der Waals surface area contributed by atoms with Gasteiger partial charge in [0, 0.05) is 24.2 Å². The number of nitrogen functional groups attached to an aromatic ring is 1. The van der Waals surface area contributed by atoms with E-state index in [4.69, 9.17) is 22.1 Å². The van der Waals surface area contributed by atoms with E-state index >= 15 is 0 Å². The minimum Gasteiger partial charge on any atom is -0.495 e. The monoisotopic (exact) mass is 304 g/mol. The van der Waals surface area contributed by atoms with Crippen LogP contribution < -0.4 is 10.5 Å². The van der Waals surface area contributed by atoms with Crippen molar-refractivity contribution in [3.05, 3.63) is 58.6 Å². The van der Waals surface area contributed by atoms with Gasteiger partial charge in [0.05, 0.1) is 12.8 Å². The first kappa shape index (κ1) is 15.2. The highest BCUT2D eigenvalue weighted by atomic mass is 35.5. The minimum absolute atomic E-state index is 0.121. The number of methoxy groups -OCH3 is 1. The number of carbonyl (C=O) groups excluding carboxylic acids is 1. The summed E-state index contributed by atoms with van der Waals surface area (Å²) < 4.78 is 5.08. The molecule has 21 heavy (non-hydrogen) atoms. The lowest BCUT2D eigenvalue weighted by Gasteiger charge is -2.18. The molecule has 0 bridgehead atoms. The fourth-order valence-corrected chi connectivity index (χ4v) is 2.24. The second-order valence-electron chi connectivity index (χ2n) is 4.71. The summed E-state index contributed by atoms with van der Waals surface area (Å²) in [5.41, 5.74) is 7.69. The number of benzene rings is 2. The number of amides is 1. The van der Waals surface area contributed by atoms with Crippen LogP contribution in [0.1, 0.15) is 15.9 Å². The molecular weight excluding hydrogens is 288 g/mol. The quantitative estimate of drug-likeness (QED) is 0.883. The maximum absolute atomic E-state index is 12.4. The zero-order valence-corrected chi connectivity index (χ0v) is 12.7. The van der Waals surface area contributed by atoms with Crippen molar-refractivity contribution in [2.24, 2.45) is 0 Å². The highest BCUT2D eigenvalue weighted by molar-refractivity contribution is 6.31. The van der Waals surface area contributed by atoms with Gasteiger partial charge in [-0.1, -0.05) is 29.8 Å². The van der Waals surface area contributed by atoms with Crippen molar-refractivity contribution >= 4 is 23.2 Å². The van der Waals surface area contributed by atoms with Crippen LogP contribution in [0.4, 0.5) is 5.69 Å². The standard InChI is InChI=1S/C16H17ClN2O2/c1-19(10-12-5-3-4-6-13(12)17)16(20)11-7-8-15(21-2)14(18)9-11/h3-9H,10,18H2,1-2H3. The van der Waals surface area contributed by atoms with Crippen molar-refractivity contribution in [1.29, 1.82) is 0 Å². The summed E-state index contributed by atoms with van der Waals surface area (Å²) in [6.45, 7) is 0.435. The lowest BCUT2D eigenvalue weighted by Crippen LogP contribution is -2.26. The van der Waals surface area contributed by atoms with E-state index in [9.17, 15) is 4.79 Å². The first-order valence-corrected chi connectivity index (χ1v) is 6.83. The molecule has 2 aromatic carbocycles. The van der Waals surface area contributed by atoms with Crippen molar-refractivity contribution < 1.29 is 9.53 Å². The molecule has 0 radical (unpaired) electrons. The molecule has 0 aliphatic carbocycles. The molecule has 2 N–H and O–H groups in total. The lowest BCUT2D eigenvalue weighted by atomic mass is 10.1. The fourth-order valence-electron chi connectivity index (χ4n) is 2.04. The van der Waals surface area contributed by atoms with E-state index in [0.29, 0.717) is 28.6 Å². The summed E-state index contributed by atoms with van der Waals surface area (Å²) in [5, 5.41) is 0.645. The molecule has 0 aliphatic heterocycles. The first-order chi connectivity index (χ1) is 10.0. The molecule has 0 saturated carbocycles. The summed E-state index contributed by atoms with van der Waals surface area (Å²) in [6.07, 6.45) is 0. The molecule has 0 saturated heterocycles. The zero-order valence-electron chi connectivity index (χ0n) is 12.0. The molecule has 2 aromatic rings. The summed E-state index contributed by atoms with van der Waals surface area (Å²) in [5.74, 6) is 0.435. The molecule has 0 aliphatic rings. The number of carbonyl (C=O) groups is 1. The maximum atomic E-state index is 12.4. The highest BCUT2D eigenvalue weighted by Crippen LogP contribution is 2.23. The third-order valence-electron chi connectivity index (χ3n) is 3.19. The van der Waals surface area contributed by atoms with Gasteiger partial charge in [-0.25, -0.2) is 0 Å². The fraction of sp³-hybridized carbons (Fsp3) is 0.188. The summed E-state index contributed by atoms with van der Waals surface area (Å²) in [6, 6.07) is 12.5. The smallest absolute Gasteiger partial charge is 0.253 e. The molecule has 0 unspecified atom stereocenters. The van der Waals surface area contributed by atoms with Crippen LogP contribution in [-0.4, -0.2) is 25.0 Å². The van der Waals surface area contributed by atoms with Crippen LogP contribution in [0.25, 0.3) is 0 Å². The third-order valence-corrected chi connectivity index (χ3v) is 3.56. The van der Waals surface area contributed by atoms with Gasteiger partial charge in [-0.05, 0) is 29.8 Å². The van der Waals surface area contributed by atoms with Gasteiger partial charge >= 0.3 is 0 Å². The van der Waals surface area contributed by atoms with E-state index < -0.39 is 0 Å². The van der Waals surface area contributed by atoms with E-state index in [-0.39, 0.29) is 5.91 Å². The maximum Gasteiger partial charge on any atom is 0.253 e. The number of nitrogens with two attached hydrogens (primary N) is 1. The van der Waals surface area contributed by atoms with Gasteiger partial charge in [0.15, 0.2) is 0 Å². The second kappa shape index (κ2) is 6.50. The van der Waals surface area contributed by atoms with Gasteiger partial charge in [-0.2, -0.15) is 0 Å². The molecule has 110 valence electrons. The Hall–Kier alpha value is -2.20. The van der Waals surface area contributed by atoms with Crippen LogP contribution in [0.5, 0.6) is 5.75 Å². The number of halogens is 1. The normalized spacial score (nSPS) is 10.2. The molecule has 1 amide bonds. The van der Waals surface area contributed by atoms with Crippen molar-refractivity contribution in [3.63, 3.8) is 0 Å². The number of hydrogen-bond donors (Lipinski definition) is 1. The van der Waals surface area contributed by atoms with Crippen LogP contribution >= 0.6 is 11.6 Å². The van der Waals surface area contributed by atoms with Crippen molar-refractivity contribution in [2.75, 3.05) is 19.9 Å². The Bertz CT molecular complexity index is 658. The average molecular weight is 305 g/mol. The Kier molecular flexibility index (Phi) is 4.70. The van der Waals surface area contributed by atoms with E-state index in [1.165, 1.54) is 7.11 Å². The molecule has 5 heteroatoms. The second-order valence-corrected chi connectivity index (χ2v) is 5.12. The van der Waals surface area contributed by atoms with E-state index in [2.05, 4.69) is 0 Å². The highest BCUT2D eigenvalue weighted by Gasteiger charge is 2.14. The van der Waals surface area contributed by atoms with Crippen LogP contribution in [0.3, 0.4) is 0 Å². The largest absolute Gasteiger partial charge is 0.495 e. The number of hydrogen-bond acceptors (Lipinski definition) is 3. The molecule has 0 atom stereocenters. The van der Waals surface area contributed by atoms with Gasteiger partial charge < -0.3 is 15.4 Å². The Morgan fingerprint density at radius 1 is 1.29 bits per heavy atom. The minimum atomic E-state index is -0.121. The van der Waals surface area contributed by atoms with E-state index in [1.807, 2.05) is 18.2 Å². The van der Waals surface area contributed by atoms with Crippen molar-refractivity contribution in [2.45, 2.75) is 6.54 Å². The van der Waals surface area contributed by atoms with Crippen LogP contribution in [0, 0.1) is 0 Å². The zero-order chi connectivity index (χ0) is 15.4. The molecule has 2 rings (SSSR count). The first-order valence-electron chi connectivity index (χ1n) is 6.45. The molecule has 0 fully saturated rings. The molecule has 0 heterocycles. The predicted molar refractivity (Wildman–Crippen MR) is 84.7 cm³/mol. The van der Waals surface area contributed by atoms with Gasteiger partial charge in [-0.15, -0.1) is 0 Å². The molecule has 4 nitrogen and oxygen atoms in total. The van der Waals surface area contributed by atoms with Crippen molar-refractivity contribution in [3.8, 4) is 5.75 Å². The molecule has 0 spiro atoms. The van der Waals surface area contributed by atoms with Crippen LogP contribution in [0.15, 0.2) is 42.5 Å². The van der Waals surface area contributed by atoms with Crippen molar-refractivity contribution in [1.82, 2.24) is 4.90 Å². The lowest BCUT2D eigenvalue weighted by molar-refractivity contribution is 0.0785. The summed E-state index contributed by atoms with van der Waals surface area (Å²) in [7, 11) is 3.27. The van der Waals surface area contributed by atoms with Gasteiger partial charge in [0.25, 0.3) is 5.91 Å². The van der Waals surface area contributed by atoms with E-state index in [1.54, 1.807) is 36.2 Å². The Morgan fingerprint density at radius 2 is 2.00 bits per heavy atom. The van der Waals surface area contributed by atoms with Crippen LogP contribution in [0.2, 0.25) is 5.02 Å².